The number of nitrogens with two attached hydrogens (primary N) is 1. The van der Waals surface area contributed by atoms with Crippen LogP contribution in [-0.4, -0.2) is 30.5 Å². The number of rotatable bonds is 5. The molecule has 0 aliphatic carbocycles. The largest absolute Gasteiger partial charge is 0.466 e. The molecule has 2 rings (SSSR count). The van der Waals surface area contributed by atoms with Gasteiger partial charge in [-0.15, -0.1) is 0 Å². The first kappa shape index (κ1) is 20.0. The number of hydrogen-bond donors (Lipinski definition) is 3. The zero-order valence-electron chi connectivity index (χ0n) is 14.7. The van der Waals surface area contributed by atoms with Crippen molar-refractivity contribution in [2.24, 2.45) is 0 Å². The molecular formula is C18H24N4O3. The normalized spacial score (nSPS) is 9.40. The van der Waals surface area contributed by atoms with Crippen LogP contribution in [0.25, 0.3) is 0 Å². The lowest BCUT2D eigenvalue weighted by molar-refractivity contribution is -0.142. The van der Waals surface area contributed by atoms with Crippen LogP contribution < -0.4 is 16.4 Å². The van der Waals surface area contributed by atoms with Gasteiger partial charge >= 0.3 is 5.97 Å². The summed E-state index contributed by atoms with van der Waals surface area (Å²) in [6, 6.07) is 10.4. The van der Waals surface area contributed by atoms with Gasteiger partial charge in [-0.2, -0.15) is 0 Å². The topological polar surface area (TPSA) is 106 Å². The second-order valence-electron chi connectivity index (χ2n) is 4.88. The van der Waals surface area contributed by atoms with E-state index in [1.165, 1.54) is 0 Å². The number of nitrogens with zero attached hydrogens (tertiary/aromatic N) is 1. The van der Waals surface area contributed by atoms with Crippen molar-refractivity contribution in [3.8, 4) is 0 Å². The molecule has 0 bridgehead atoms. The third kappa shape index (κ3) is 6.90. The molecule has 0 radical (unpaired) electrons. The maximum Gasteiger partial charge on any atom is 0.305 e. The SMILES string of the molecule is CCOC(=O)CC.CNc1ccc(C(=O)Nc2ccccn2)cc1N. The summed E-state index contributed by atoms with van der Waals surface area (Å²) in [5.74, 6) is 0.157. The van der Waals surface area contributed by atoms with Crippen molar-refractivity contribution in [1.29, 1.82) is 0 Å². The van der Waals surface area contributed by atoms with Gasteiger partial charge in [0.05, 0.1) is 18.0 Å². The van der Waals surface area contributed by atoms with Crippen LogP contribution in [0.1, 0.15) is 30.6 Å². The van der Waals surface area contributed by atoms with Crippen LogP contribution in [0.5, 0.6) is 0 Å². The first-order valence-corrected chi connectivity index (χ1v) is 7.97. The van der Waals surface area contributed by atoms with Gasteiger partial charge in [0, 0.05) is 25.2 Å². The van der Waals surface area contributed by atoms with Crippen LogP contribution >= 0.6 is 0 Å². The van der Waals surface area contributed by atoms with Crippen molar-refractivity contribution in [2.45, 2.75) is 20.3 Å². The molecule has 0 fully saturated rings. The van der Waals surface area contributed by atoms with Crippen molar-refractivity contribution in [3.05, 3.63) is 48.2 Å². The zero-order chi connectivity index (χ0) is 18.7. The summed E-state index contributed by atoms with van der Waals surface area (Å²) < 4.78 is 4.55. The number of aromatic nitrogens is 1. The van der Waals surface area contributed by atoms with E-state index in [1.54, 1.807) is 63.5 Å². The summed E-state index contributed by atoms with van der Waals surface area (Å²) in [6.07, 6.45) is 2.10. The summed E-state index contributed by atoms with van der Waals surface area (Å²) in [7, 11) is 1.78. The highest BCUT2D eigenvalue weighted by molar-refractivity contribution is 6.04. The van der Waals surface area contributed by atoms with E-state index in [0.717, 1.165) is 5.69 Å². The molecule has 0 unspecified atom stereocenters. The fraction of sp³-hybridized carbons (Fsp3) is 0.278. The molecule has 7 nitrogen and oxygen atoms in total. The lowest BCUT2D eigenvalue weighted by atomic mass is 10.1. The molecule has 4 N–H and O–H groups in total. The van der Waals surface area contributed by atoms with E-state index in [1.807, 2.05) is 0 Å². The highest BCUT2D eigenvalue weighted by Gasteiger charge is 2.08. The fourth-order valence-corrected chi connectivity index (χ4v) is 1.82. The van der Waals surface area contributed by atoms with Gasteiger partial charge in [0.1, 0.15) is 5.82 Å². The van der Waals surface area contributed by atoms with Gasteiger partial charge in [0.15, 0.2) is 0 Å². The van der Waals surface area contributed by atoms with Gasteiger partial charge < -0.3 is 21.1 Å². The Morgan fingerprint density at radius 1 is 1.20 bits per heavy atom. The molecule has 2 aromatic rings. The first-order chi connectivity index (χ1) is 12.0. The van der Waals surface area contributed by atoms with E-state index in [-0.39, 0.29) is 11.9 Å². The Balaban J connectivity index is 0.000000381. The molecule has 7 heteroatoms. The summed E-state index contributed by atoms with van der Waals surface area (Å²) >= 11 is 0. The number of ether oxygens (including phenoxy) is 1. The Kier molecular flexibility index (Phi) is 8.49. The number of nitrogens with one attached hydrogen (secondary N) is 2. The zero-order valence-corrected chi connectivity index (χ0v) is 14.7. The molecule has 0 saturated heterocycles. The quantitative estimate of drug-likeness (QED) is 0.569. The van der Waals surface area contributed by atoms with E-state index in [2.05, 4.69) is 20.4 Å². The number of benzene rings is 1. The maximum atomic E-state index is 11.9. The summed E-state index contributed by atoms with van der Waals surface area (Å²) in [5, 5.41) is 5.64. The van der Waals surface area contributed by atoms with Gasteiger partial charge in [-0.3, -0.25) is 9.59 Å². The number of hydrogen-bond acceptors (Lipinski definition) is 6. The lowest BCUT2D eigenvalue weighted by Crippen LogP contribution is -2.13. The Labute approximate surface area is 147 Å². The molecule has 25 heavy (non-hydrogen) atoms. The van der Waals surface area contributed by atoms with Gasteiger partial charge in [-0.05, 0) is 37.3 Å². The summed E-state index contributed by atoms with van der Waals surface area (Å²) in [5.41, 5.74) is 7.63. The van der Waals surface area contributed by atoms with E-state index in [4.69, 9.17) is 5.73 Å². The summed E-state index contributed by atoms with van der Waals surface area (Å²) in [4.78, 5) is 26.2. The van der Waals surface area contributed by atoms with Crippen molar-refractivity contribution < 1.29 is 14.3 Å². The minimum atomic E-state index is -0.233. The van der Waals surface area contributed by atoms with Gasteiger partial charge in [0.2, 0.25) is 0 Å². The van der Waals surface area contributed by atoms with Crippen molar-refractivity contribution in [3.63, 3.8) is 0 Å². The highest BCUT2D eigenvalue weighted by atomic mass is 16.5. The van der Waals surface area contributed by atoms with Crippen LogP contribution in [-0.2, 0) is 9.53 Å². The Morgan fingerprint density at radius 3 is 2.44 bits per heavy atom. The van der Waals surface area contributed by atoms with Gasteiger partial charge in [-0.25, -0.2) is 4.98 Å². The maximum absolute atomic E-state index is 11.9. The monoisotopic (exact) mass is 344 g/mol. The molecular weight excluding hydrogens is 320 g/mol. The number of pyridine rings is 1. The minimum absolute atomic E-state index is 0.123. The molecule has 0 atom stereocenters. The standard InChI is InChI=1S/C13H14N4O.C5H10O2/c1-15-11-6-5-9(8-10(11)14)13(18)17-12-4-2-3-7-16-12;1-3-5(6)7-4-2/h2-8,15H,14H2,1H3,(H,16,17,18);3-4H2,1-2H3. The van der Waals surface area contributed by atoms with Crippen LogP contribution in [0.2, 0.25) is 0 Å². The molecule has 1 aromatic carbocycles. The van der Waals surface area contributed by atoms with E-state index in [0.29, 0.717) is 30.1 Å². The molecule has 0 saturated carbocycles. The van der Waals surface area contributed by atoms with Crippen molar-refractivity contribution >= 4 is 29.1 Å². The van der Waals surface area contributed by atoms with Crippen LogP contribution in [0.3, 0.4) is 0 Å². The number of anilines is 3. The number of nitrogen functional groups attached to an aromatic ring is 1. The number of carbonyl (C=O) groups is 2. The van der Waals surface area contributed by atoms with Crippen LogP contribution in [0.15, 0.2) is 42.6 Å². The van der Waals surface area contributed by atoms with E-state index >= 15 is 0 Å². The Bertz CT molecular complexity index is 690. The molecule has 1 amide bonds. The van der Waals surface area contributed by atoms with Crippen LogP contribution in [0, 0.1) is 0 Å². The molecule has 1 aromatic heterocycles. The average Bonchev–Trinajstić information content (AvgIpc) is 2.63. The minimum Gasteiger partial charge on any atom is -0.466 e. The lowest BCUT2D eigenvalue weighted by Gasteiger charge is -2.08. The fourth-order valence-electron chi connectivity index (χ4n) is 1.82. The number of amides is 1. The van der Waals surface area contributed by atoms with E-state index < -0.39 is 0 Å². The third-order valence-corrected chi connectivity index (χ3v) is 3.08. The summed E-state index contributed by atoms with van der Waals surface area (Å²) in [6.45, 7) is 4.07. The van der Waals surface area contributed by atoms with E-state index in [9.17, 15) is 9.59 Å². The molecule has 0 aliphatic rings. The second-order valence-corrected chi connectivity index (χ2v) is 4.88. The number of esters is 1. The average molecular weight is 344 g/mol. The van der Waals surface area contributed by atoms with Crippen molar-refractivity contribution in [2.75, 3.05) is 30.0 Å². The Morgan fingerprint density at radius 2 is 1.96 bits per heavy atom. The Hall–Kier alpha value is -3.09. The third-order valence-electron chi connectivity index (χ3n) is 3.08. The predicted octanol–water partition coefficient (Wildman–Crippen LogP) is 2.92. The van der Waals surface area contributed by atoms with Crippen LogP contribution in [0.4, 0.5) is 17.2 Å². The van der Waals surface area contributed by atoms with Gasteiger partial charge in [0.25, 0.3) is 5.91 Å². The van der Waals surface area contributed by atoms with Gasteiger partial charge in [-0.1, -0.05) is 13.0 Å². The van der Waals surface area contributed by atoms with Crippen molar-refractivity contribution in [1.82, 2.24) is 4.98 Å². The molecule has 0 spiro atoms. The number of carbonyl (C=O) groups excluding carboxylic acids is 2. The molecule has 0 aliphatic heterocycles. The smallest absolute Gasteiger partial charge is 0.305 e. The molecule has 1 heterocycles. The predicted molar refractivity (Wildman–Crippen MR) is 99.5 cm³/mol. The first-order valence-electron chi connectivity index (χ1n) is 7.97. The second kappa shape index (κ2) is 10.6. The highest BCUT2D eigenvalue weighted by Crippen LogP contribution is 2.19. The molecule has 134 valence electrons.